The van der Waals surface area contributed by atoms with Gasteiger partial charge in [0.05, 0.1) is 12.9 Å². The zero-order valence-corrected chi connectivity index (χ0v) is 19.0. The smallest absolute Gasteiger partial charge is 0.326 e. The molecule has 0 saturated heterocycles. The topological polar surface area (TPSA) is 205 Å². The summed E-state index contributed by atoms with van der Waals surface area (Å²) in [6.07, 6.45) is 6.64. The number of H-pyrrole nitrogens is 1. The van der Waals surface area contributed by atoms with Crippen LogP contribution in [-0.2, 0) is 25.6 Å². The van der Waals surface area contributed by atoms with Gasteiger partial charge in [-0.15, -0.1) is 0 Å². The van der Waals surface area contributed by atoms with Gasteiger partial charge in [-0.2, -0.15) is 11.8 Å². The molecule has 32 heavy (non-hydrogen) atoms. The van der Waals surface area contributed by atoms with Gasteiger partial charge in [0, 0.05) is 18.3 Å². The number of rotatable bonds is 16. The molecule has 1 aromatic heterocycles. The van der Waals surface area contributed by atoms with Crippen molar-refractivity contribution in [2.75, 3.05) is 25.1 Å². The van der Waals surface area contributed by atoms with Crippen molar-refractivity contribution >= 4 is 35.5 Å². The predicted octanol–water partition coefficient (Wildman–Crippen LogP) is -1.67. The minimum atomic E-state index is -1.15. The third-order valence-electron chi connectivity index (χ3n) is 4.62. The van der Waals surface area contributed by atoms with Gasteiger partial charge in [-0.3, -0.25) is 14.4 Å². The number of aliphatic carboxylic acids is 1. The van der Waals surface area contributed by atoms with Crippen LogP contribution in [-0.4, -0.2) is 82.0 Å². The molecule has 1 aromatic rings. The van der Waals surface area contributed by atoms with E-state index in [1.54, 1.807) is 0 Å². The number of aromatic nitrogens is 2. The highest BCUT2D eigenvalue weighted by atomic mass is 32.2. The van der Waals surface area contributed by atoms with Crippen LogP contribution >= 0.6 is 11.8 Å². The Bertz CT molecular complexity index is 732. The molecule has 9 N–H and O–H groups in total. The second kappa shape index (κ2) is 15.2. The number of unbranched alkanes of at least 4 members (excludes halogenated alkanes) is 1. The number of carboxylic acid groups (broad SMARTS) is 1. The monoisotopic (exact) mass is 471 g/mol. The molecule has 1 heterocycles. The van der Waals surface area contributed by atoms with E-state index >= 15 is 0 Å². The van der Waals surface area contributed by atoms with Crippen LogP contribution in [0.15, 0.2) is 12.5 Å². The molecule has 3 amide bonds. The first-order valence-corrected chi connectivity index (χ1v) is 11.7. The van der Waals surface area contributed by atoms with Crippen molar-refractivity contribution in [2.45, 2.75) is 50.2 Å². The Morgan fingerprint density at radius 1 is 1.06 bits per heavy atom. The van der Waals surface area contributed by atoms with Crippen LogP contribution in [0.3, 0.4) is 0 Å². The first-order valence-electron chi connectivity index (χ1n) is 10.3. The standard InChI is InChI=1S/C19H33N7O5S/c1-32-7-5-13(17(28)26-14(19(30)31)4-2-3-6-20)25-18(29)15(24-16(27)9-21)8-12-10-22-11-23-12/h10-11,13-15H,2-9,20-21H2,1H3,(H,22,23)(H,24,27)(H,25,29)(H,26,28)(H,30,31). The number of nitrogens with one attached hydrogen (secondary N) is 4. The summed E-state index contributed by atoms with van der Waals surface area (Å²) in [6.45, 7) is 0.130. The van der Waals surface area contributed by atoms with Crippen molar-refractivity contribution < 1.29 is 24.3 Å². The van der Waals surface area contributed by atoms with Crippen molar-refractivity contribution in [2.24, 2.45) is 11.5 Å². The molecule has 0 aliphatic rings. The van der Waals surface area contributed by atoms with Crippen molar-refractivity contribution in [1.82, 2.24) is 25.9 Å². The molecule has 0 aliphatic carbocycles. The van der Waals surface area contributed by atoms with E-state index in [0.717, 1.165) is 0 Å². The quantitative estimate of drug-likeness (QED) is 0.137. The van der Waals surface area contributed by atoms with Crippen LogP contribution in [0.25, 0.3) is 0 Å². The lowest BCUT2D eigenvalue weighted by Crippen LogP contribution is -2.56. The minimum Gasteiger partial charge on any atom is -0.480 e. The van der Waals surface area contributed by atoms with Gasteiger partial charge in [0.15, 0.2) is 0 Å². The summed E-state index contributed by atoms with van der Waals surface area (Å²) >= 11 is 1.48. The predicted molar refractivity (Wildman–Crippen MR) is 121 cm³/mol. The Labute approximate surface area is 191 Å². The maximum absolute atomic E-state index is 12.9. The molecule has 3 atom stereocenters. The molecule has 0 spiro atoms. The molecule has 1 rings (SSSR count). The highest BCUT2D eigenvalue weighted by molar-refractivity contribution is 7.98. The lowest BCUT2D eigenvalue weighted by molar-refractivity contribution is -0.142. The number of imidazole rings is 1. The number of aromatic amines is 1. The number of carbonyl (C=O) groups is 4. The summed E-state index contributed by atoms with van der Waals surface area (Å²) in [6, 6.07) is -3.04. The van der Waals surface area contributed by atoms with E-state index in [0.29, 0.717) is 30.8 Å². The van der Waals surface area contributed by atoms with E-state index in [2.05, 4.69) is 25.9 Å². The molecule has 13 heteroatoms. The van der Waals surface area contributed by atoms with Crippen LogP contribution in [0.2, 0.25) is 0 Å². The number of nitrogens with zero attached hydrogens (tertiary/aromatic N) is 1. The van der Waals surface area contributed by atoms with Crippen LogP contribution in [0.4, 0.5) is 0 Å². The summed E-state index contributed by atoms with van der Waals surface area (Å²) in [7, 11) is 0. The molecule has 0 radical (unpaired) electrons. The SMILES string of the molecule is CSCCC(NC(=O)C(Cc1cnc[nH]1)NC(=O)CN)C(=O)NC(CCCCN)C(=O)O. The van der Waals surface area contributed by atoms with Crippen LogP contribution in [0, 0.1) is 0 Å². The summed E-state index contributed by atoms with van der Waals surface area (Å²) in [5.41, 5.74) is 11.4. The molecule has 3 unspecified atom stereocenters. The molecule has 180 valence electrons. The maximum Gasteiger partial charge on any atom is 0.326 e. The molecule has 12 nitrogen and oxygen atoms in total. The largest absolute Gasteiger partial charge is 0.480 e. The number of hydrogen-bond donors (Lipinski definition) is 7. The van der Waals surface area contributed by atoms with Crippen molar-refractivity contribution in [3.63, 3.8) is 0 Å². The lowest BCUT2D eigenvalue weighted by atomic mass is 10.1. The summed E-state index contributed by atoms with van der Waals surface area (Å²) < 4.78 is 0. The van der Waals surface area contributed by atoms with Gasteiger partial charge < -0.3 is 37.5 Å². The third-order valence-corrected chi connectivity index (χ3v) is 5.27. The van der Waals surface area contributed by atoms with Gasteiger partial charge >= 0.3 is 5.97 Å². The number of nitrogens with two attached hydrogens (primary N) is 2. The average Bonchev–Trinajstić information content (AvgIpc) is 3.28. The molecule has 0 saturated carbocycles. The Hall–Kier alpha value is -2.64. The van der Waals surface area contributed by atoms with Gasteiger partial charge in [0.2, 0.25) is 17.7 Å². The number of thioether (sulfide) groups is 1. The highest BCUT2D eigenvalue weighted by Gasteiger charge is 2.29. The first-order chi connectivity index (χ1) is 15.3. The lowest BCUT2D eigenvalue weighted by Gasteiger charge is -2.24. The fourth-order valence-corrected chi connectivity index (χ4v) is 3.35. The van der Waals surface area contributed by atoms with E-state index in [-0.39, 0.29) is 25.8 Å². The van der Waals surface area contributed by atoms with Crippen LogP contribution < -0.4 is 27.4 Å². The van der Waals surface area contributed by atoms with Gasteiger partial charge in [-0.25, -0.2) is 9.78 Å². The summed E-state index contributed by atoms with van der Waals surface area (Å²) in [5, 5.41) is 17.1. The summed E-state index contributed by atoms with van der Waals surface area (Å²) in [4.78, 5) is 55.8. The normalized spacial score (nSPS) is 13.6. The first kappa shape index (κ1) is 27.4. The number of carbonyl (C=O) groups excluding carboxylic acids is 3. The number of amides is 3. The van der Waals surface area contributed by atoms with Gasteiger partial charge in [0.25, 0.3) is 0 Å². The van der Waals surface area contributed by atoms with E-state index in [1.165, 1.54) is 24.3 Å². The van der Waals surface area contributed by atoms with Crippen molar-refractivity contribution in [3.05, 3.63) is 18.2 Å². The van der Waals surface area contributed by atoms with Gasteiger partial charge in [-0.05, 0) is 44.2 Å². The molecular formula is C19H33N7O5S. The highest BCUT2D eigenvalue weighted by Crippen LogP contribution is 2.07. The fourth-order valence-electron chi connectivity index (χ4n) is 2.88. The zero-order chi connectivity index (χ0) is 23.9. The Morgan fingerprint density at radius 3 is 2.31 bits per heavy atom. The van der Waals surface area contributed by atoms with Gasteiger partial charge in [-0.1, -0.05) is 0 Å². The van der Waals surface area contributed by atoms with E-state index in [9.17, 15) is 24.3 Å². The van der Waals surface area contributed by atoms with E-state index in [1.807, 2.05) is 6.26 Å². The molecule has 0 aromatic carbocycles. The second-order valence-corrected chi connectivity index (χ2v) is 8.12. The average molecular weight is 472 g/mol. The Morgan fingerprint density at radius 2 is 1.75 bits per heavy atom. The molecule has 0 fully saturated rings. The second-order valence-electron chi connectivity index (χ2n) is 7.13. The Kier molecular flexibility index (Phi) is 13.0. The number of carboxylic acids is 1. The molecular weight excluding hydrogens is 438 g/mol. The zero-order valence-electron chi connectivity index (χ0n) is 18.1. The van der Waals surface area contributed by atoms with E-state index in [4.69, 9.17) is 11.5 Å². The molecule has 0 bridgehead atoms. The van der Waals surface area contributed by atoms with Crippen molar-refractivity contribution in [3.8, 4) is 0 Å². The van der Waals surface area contributed by atoms with Crippen LogP contribution in [0.1, 0.15) is 31.4 Å². The van der Waals surface area contributed by atoms with Crippen molar-refractivity contribution in [1.29, 1.82) is 0 Å². The Balaban J connectivity index is 2.89. The number of hydrogen-bond acceptors (Lipinski definition) is 8. The minimum absolute atomic E-state index is 0.116. The van der Waals surface area contributed by atoms with E-state index < -0.39 is 41.8 Å². The summed E-state index contributed by atoms with van der Waals surface area (Å²) in [5.74, 6) is -2.31. The maximum atomic E-state index is 12.9. The fraction of sp³-hybridized carbons (Fsp3) is 0.632. The van der Waals surface area contributed by atoms with Gasteiger partial charge in [0.1, 0.15) is 18.1 Å². The third kappa shape index (κ3) is 10.1. The molecule has 0 aliphatic heterocycles. The van der Waals surface area contributed by atoms with Crippen LogP contribution in [0.5, 0.6) is 0 Å².